The van der Waals surface area contributed by atoms with Crippen molar-refractivity contribution in [2.45, 2.75) is 51.4 Å². The van der Waals surface area contributed by atoms with Crippen molar-refractivity contribution in [3.63, 3.8) is 0 Å². The summed E-state index contributed by atoms with van der Waals surface area (Å²) in [6.07, 6.45) is 7.77. The molecule has 1 spiro atoms. The Kier molecular flexibility index (Phi) is 5.24. The molecular weight excluding hydrogens is 330 g/mol. The van der Waals surface area contributed by atoms with Gasteiger partial charge < -0.3 is 19.9 Å². The van der Waals surface area contributed by atoms with Crippen LogP contribution in [-0.2, 0) is 14.3 Å². The summed E-state index contributed by atoms with van der Waals surface area (Å²) in [4.78, 5) is 30.3. The van der Waals surface area contributed by atoms with Crippen molar-refractivity contribution in [1.29, 1.82) is 0 Å². The maximum Gasteiger partial charge on any atom is 0.229 e. The molecule has 146 valence electrons. The van der Waals surface area contributed by atoms with E-state index in [1.54, 1.807) is 0 Å². The van der Waals surface area contributed by atoms with Gasteiger partial charge >= 0.3 is 0 Å². The molecule has 6 heteroatoms. The van der Waals surface area contributed by atoms with Crippen LogP contribution in [0.1, 0.15) is 51.4 Å². The van der Waals surface area contributed by atoms with E-state index in [1.807, 2.05) is 4.90 Å². The highest BCUT2D eigenvalue weighted by Crippen LogP contribution is 2.45. The van der Waals surface area contributed by atoms with Crippen LogP contribution in [0.2, 0.25) is 0 Å². The number of piperidine rings is 1. The standard InChI is InChI=1S/C20H33N3O3/c24-17(22-11-13-26-14-12-22)15-20(3-1-2-4-20)18(25)23-9-6-19(7-10-23)5-8-21-16-19/h21H,1-16H2. The van der Waals surface area contributed by atoms with Crippen LogP contribution in [0, 0.1) is 10.8 Å². The van der Waals surface area contributed by atoms with Gasteiger partial charge in [0.25, 0.3) is 0 Å². The minimum atomic E-state index is -0.437. The van der Waals surface area contributed by atoms with Crippen molar-refractivity contribution in [3.05, 3.63) is 0 Å². The molecule has 0 aromatic carbocycles. The van der Waals surface area contributed by atoms with E-state index in [1.165, 1.54) is 6.42 Å². The normalized spacial score (nSPS) is 27.8. The Labute approximate surface area is 156 Å². The monoisotopic (exact) mass is 363 g/mol. The van der Waals surface area contributed by atoms with Gasteiger partial charge in [-0.2, -0.15) is 0 Å². The van der Waals surface area contributed by atoms with E-state index in [0.717, 1.165) is 64.7 Å². The summed E-state index contributed by atoms with van der Waals surface area (Å²) in [5.74, 6) is 0.412. The van der Waals surface area contributed by atoms with Gasteiger partial charge in [-0.05, 0) is 44.1 Å². The number of carbonyl (C=O) groups is 2. The minimum Gasteiger partial charge on any atom is -0.378 e. The fourth-order valence-electron chi connectivity index (χ4n) is 5.47. The van der Waals surface area contributed by atoms with Gasteiger partial charge in [-0.1, -0.05) is 12.8 Å². The number of nitrogens with zero attached hydrogens (tertiary/aromatic N) is 2. The third kappa shape index (κ3) is 3.50. The van der Waals surface area contributed by atoms with Gasteiger partial charge in [0.1, 0.15) is 0 Å². The molecule has 4 aliphatic rings. The number of hydrogen-bond donors (Lipinski definition) is 1. The van der Waals surface area contributed by atoms with Crippen molar-refractivity contribution in [2.24, 2.45) is 10.8 Å². The average Bonchev–Trinajstić information content (AvgIpc) is 3.33. The second-order valence-corrected chi connectivity index (χ2v) is 8.88. The molecule has 4 fully saturated rings. The Hall–Kier alpha value is -1.14. The molecule has 6 nitrogen and oxygen atoms in total. The van der Waals surface area contributed by atoms with Gasteiger partial charge in [0.05, 0.1) is 18.6 Å². The lowest BCUT2D eigenvalue weighted by molar-refractivity contribution is -0.151. The number of morpholine rings is 1. The van der Waals surface area contributed by atoms with Crippen LogP contribution < -0.4 is 5.32 Å². The van der Waals surface area contributed by atoms with E-state index in [-0.39, 0.29) is 11.8 Å². The maximum absolute atomic E-state index is 13.5. The molecule has 0 aromatic heterocycles. The molecule has 26 heavy (non-hydrogen) atoms. The van der Waals surface area contributed by atoms with Crippen LogP contribution >= 0.6 is 0 Å². The summed E-state index contributed by atoms with van der Waals surface area (Å²) < 4.78 is 5.36. The maximum atomic E-state index is 13.5. The van der Waals surface area contributed by atoms with E-state index in [0.29, 0.717) is 38.1 Å². The molecule has 0 aromatic rings. The van der Waals surface area contributed by atoms with Gasteiger partial charge in [0, 0.05) is 39.1 Å². The first kappa shape index (κ1) is 18.2. The van der Waals surface area contributed by atoms with E-state index >= 15 is 0 Å². The SMILES string of the molecule is O=C(CC1(C(=O)N2CCC3(CCNC3)CC2)CCCC1)N1CCOCC1. The topological polar surface area (TPSA) is 61.9 Å². The highest BCUT2D eigenvalue weighted by atomic mass is 16.5. The Balaban J connectivity index is 1.40. The first-order chi connectivity index (χ1) is 12.6. The van der Waals surface area contributed by atoms with E-state index in [2.05, 4.69) is 10.2 Å². The van der Waals surface area contributed by atoms with Crippen LogP contribution in [0.3, 0.4) is 0 Å². The van der Waals surface area contributed by atoms with Crippen LogP contribution in [0.25, 0.3) is 0 Å². The molecule has 3 heterocycles. The molecule has 1 aliphatic carbocycles. The van der Waals surface area contributed by atoms with Crippen LogP contribution in [-0.4, -0.2) is 74.1 Å². The zero-order valence-corrected chi connectivity index (χ0v) is 15.9. The molecule has 0 atom stereocenters. The first-order valence-electron chi connectivity index (χ1n) is 10.5. The molecule has 4 rings (SSSR count). The third-order valence-corrected chi connectivity index (χ3v) is 7.31. The summed E-state index contributed by atoms with van der Waals surface area (Å²) in [6, 6.07) is 0. The number of carbonyl (C=O) groups excluding carboxylic acids is 2. The van der Waals surface area contributed by atoms with Gasteiger partial charge in [-0.15, -0.1) is 0 Å². The summed E-state index contributed by atoms with van der Waals surface area (Å²) >= 11 is 0. The predicted molar refractivity (Wildman–Crippen MR) is 98.7 cm³/mol. The van der Waals surface area contributed by atoms with Gasteiger partial charge in [-0.3, -0.25) is 9.59 Å². The second-order valence-electron chi connectivity index (χ2n) is 8.88. The molecular formula is C20H33N3O3. The molecule has 0 unspecified atom stereocenters. The Morgan fingerprint density at radius 1 is 0.885 bits per heavy atom. The predicted octanol–water partition coefficient (Wildman–Crippen LogP) is 1.40. The summed E-state index contributed by atoms with van der Waals surface area (Å²) in [5.41, 5.74) is -0.0168. The highest BCUT2D eigenvalue weighted by Gasteiger charge is 2.47. The number of amides is 2. The third-order valence-electron chi connectivity index (χ3n) is 7.31. The molecule has 1 N–H and O–H groups in total. The smallest absolute Gasteiger partial charge is 0.229 e. The van der Waals surface area contributed by atoms with E-state index in [4.69, 9.17) is 4.74 Å². The first-order valence-corrected chi connectivity index (χ1v) is 10.5. The average molecular weight is 364 g/mol. The van der Waals surface area contributed by atoms with Crippen LogP contribution in [0.15, 0.2) is 0 Å². The molecule has 1 saturated carbocycles. The summed E-state index contributed by atoms with van der Waals surface area (Å²) in [5, 5.41) is 3.49. The Morgan fingerprint density at radius 2 is 1.58 bits per heavy atom. The number of hydrogen-bond acceptors (Lipinski definition) is 4. The van der Waals surface area contributed by atoms with Gasteiger partial charge in [-0.25, -0.2) is 0 Å². The number of rotatable bonds is 3. The van der Waals surface area contributed by atoms with Crippen LogP contribution in [0.4, 0.5) is 0 Å². The lowest BCUT2D eigenvalue weighted by Crippen LogP contribution is -2.51. The molecule has 0 radical (unpaired) electrons. The van der Waals surface area contributed by atoms with Crippen molar-refractivity contribution < 1.29 is 14.3 Å². The van der Waals surface area contributed by atoms with Crippen molar-refractivity contribution >= 4 is 11.8 Å². The largest absolute Gasteiger partial charge is 0.378 e. The quantitative estimate of drug-likeness (QED) is 0.823. The zero-order chi connectivity index (χ0) is 18.0. The molecule has 0 bridgehead atoms. The summed E-state index contributed by atoms with van der Waals surface area (Å²) in [7, 11) is 0. The second kappa shape index (κ2) is 7.47. The van der Waals surface area contributed by atoms with E-state index < -0.39 is 5.41 Å². The van der Waals surface area contributed by atoms with Crippen molar-refractivity contribution in [2.75, 3.05) is 52.5 Å². The molecule has 3 saturated heterocycles. The van der Waals surface area contributed by atoms with Gasteiger partial charge in [0.2, 0.25) is 11.8 Å². The lowest BCUT2D eigenvalue weighted by atomic mass is 9.75. The number of likely N-dealkylation sites (tertiary alicyclic amines) is 1. The lowest BCUT2D eigenvalue weighted by Gasteiger charge is -2.42. The van der Waals surface area contributed by atoms with Crippen molar-refractivity contribution in [1.82, 2.24) is 15.1 Å². The zero-order valence-electron chi connectivity index (χ0n) is 15.9. The van der Waals surface area contributed by atoms with Crippen LogP contribution in [0.5, 0.6) is 0 Å². The number of nitrogens with one attached hydrogen (secondary N) is 1. The van der Waals surface area contributed by atoms with Crippen molar-refractivity contribution in [3.8, 4) is 0 Å². The van der Waals surface area contributed by atoms with E-state index in [9.17, 15) is 9.59 Å². The Morgan fingerprint density at radius 3 is 2.19 bits per heavy atom. The Bertz CT molecular complexity index is 522. The fraction of sp³-hybridized carbons (Fsp3) is 0.900. The van der Waals surface area contributed by atoms with Gasteiger partial charge in [0.15, 0.2) is 0 Å². The fourth-order valence-corrected chi connectivity index (χ4v) is 5.47. The molecule has 2 amide bonds. The highest BCUT2D eigenvalue weighted by molar-refractivity contribution is 5.89. The summed E-state index contributed by atoms with van der Waals surface area (Å²) in [6.45, 7) is 6.54. The minimum absolute atomic E-state index is 0.150. The number of ether oxygens (including phenoxy) is 1. The molecule has 3 aliphatic heterocycles.